The number of hydrogen-bond acceptors (Lipinski definition) is 3. The largest absolute Gasteiger partial charge is 0.454 e. The van der Waals surface area contributed by atoms with E-state index in [-0.39, 0.29) is 5.41 Å². The molecule has 134 valence electrons. The second kappa shape index (κ2) is 5.94. The van der Waals surface area contributed by atoms with Gasteiger partial charge < -0.3 is 19.7 Å². The Morgan fingerprint density at radius 1 is 1.15 bits per heavy atom. The van der Waals surface area contributed by atoms with Crippen molar-refractivity contribution in [1.29, 1.82) is 0 Å². The summed E-state index contributed by atoms with van der Waals surface area (Å²) < 4.78 is 11.0. The number of para-hydroxylation sites is 1. The Morgan fingerprint density at radius 3 is 2.85 bits per heavy atom. The van der Waals surface area contributed by atoms with Crippen LogP contribution in [-0.4, -0.2) is 32.9 Å². The van der Waals surface area contributed by atoms with E-state index < -0.39 is 0 Å². The fourth-order valence-electron chi connectivity index (χ4n) is 4.05. The van der Waals surface area contributed by atoms with Crippen LogP contribution in [0.4, 0.5) is 5.69 Å². The maximum absolute atomic E-state index is 5.55. The van der Waals surface area contributed by atoms with Crippen molar-refractivity contribution in [2.45, 2.75) is 24.7 Å². The summed E-state index contributed by atoms with van der Waals surface area (Å²) in [5.74, 6) is 2.68. The number of rotatable bonds is 3. The van der Waals surface area contributed by atoms with Gasteiger partial charge in [-0.2, -0.15) is 0 Å². The molecule has 0 atom stereocenters. The number of hydrogen-bond donors (Lipinski definition) is 1. The number of ether oxygens (including phenoxy) is 2. The Hall–Kier alpha value is -2.69. The summed E-state index contributed by atoms with van der Waals surface area (Å²) in [6, 6.07) is 14.9. The molecule has 2 aromatic rings. The second-order valence-corrected chi connectivity index (χ2v) is 7.28. The fraction of sp³-hybridized carbons (Fsp3) is 0.381. The lowest BCUT2D eigenvalue weighted by atomic mass is 9.95. The van der Waals surface area contributed by atoms with Crippen LogP contribution in [0.2, 0.25) is 0 Å². The summed E-state index contributed by atoms with van der Waals surface area (Å²) in [5, 5.41) is 3.63. The first-order valence-electron chi connectivity index (χ1n) is 9.25. The molecule has 0 bridgehead atoms. The molecule has 1 fully saturated rings. The summed E-state index contributed by atoms with van der Waals surface area (Å²) in [4.78, 5) is 6.83. The monoisotopic (exact) mass is 349 g/mol. The molecule has 1 N–H and O–H groups in total. The summed E-state index contributed by atoms with van der Waals surface area (Å²) in [6.45, 7) is 2.19. The third-order valence-corrected chi connectivity index (χ3v) is 5.78. The Kier molecular flexibility index (Phi) is 3.55. The number of nitrogens with one attached hydrogen (secondary N) is 1. The number of fused-ring (bicyclic) bond motifs is 2. The minimum absolute atomic E-state index is 0.177. The van der Waals surface area contributed by atoms with E-state index in [1.165, 1.54) is 29.7 Å². The zero-order valence-electron chi connectivity index (χ0n) is 15.0. The summed E-state index contributed by atoms with van der Waals surface area (Å²) in [6.07, 6.45) is 3.45. The molecule has 1 aliphatic carbocycles. The standard InChI is InChI=1S/C21H23N3O2/c1-22-20(24-11-8-15-4-2-3-5-17(15)24)23-13-21(9-10-21)16-6-7-18-19(12-16)26-14-25-18/h2-7,12H,8-11,13-14H2,1H3,(H,22,23). The molecule has 2 aromatic carbocycles. The lowest BCUT2D eigenvalue weighted by molar-refractivity contribution is 0.174. The lowest BCUT2D eigenvalue weighted by Gasteiger charge is -2.25. The minimum Gasteiger partial charge on any atom is -0.454 e. The summed E-state index contributed by atoms with van der Waals surface area (Å²) >= 11 is 0. The highest BCUT2D eigenvalue weighted by Gasteiger charge is 2.45. The van der Waals surface area contributed by atoms with E-state index in [1.807, 2.05) is 13.1 Å². The van der Waals surface area contributed by atoms with Gasteiger partial charge in [0.25, 0.3) is 0 Å². The van der Waals surface area contributed by atoms with Crippen LogP contribution in [0.15, 0.2) is 47.5 Å². The minimum atomic E-state index is 0.177. The molecule has 2 heterocycles. The van der Waals surface area contributed by atoms with Gasteiger partial charge in [0.2, 0.25) is 6.79 Å². The molecule has 0 unspecified atom stereocenters. The van der Waals surface area contributed by atoms with E-state index >= 15 is 0 Å². The molecule has 26 heavy (non-hydrogen) atoms. The van der Waals surface area contributed by atoms with Gasteiger partial charge in [0, 0.05) is 31.2 Å². The van der Waals surface area contributed by atoms with Gasteiger partial charge in [-0.1, -0.05) is 24.3 Å². The third kappa shape index (κ3) is 2.50. The van der Waals surface area contributed by atoms with Crippen LogP contribution in [0.25, 0.3) is 0 Å². The van der Waals surface area contributed by atoms with Crippen LogP contribution in [0.3, 0.4) is 0 Å². The highest BCUT2D eigenvalue weighted by molar-refractivity contribution is 5.98. The first kappa shape index (κ1) is 15.6. The lowest BCUT2D eigenvalue weighted by Crippen LogP contribution is -2.43. The number of benzene rings is 2. The highest BCUT2D eigenvalue weighted by Crippen LogP contribution is 2.50. The van der Waals surface area contributed by atoms with Gasteiger partial charge >= 0.3 is 0 Å². The maximum Gasteiger partial charge on any atom is 0.231 e. The molecular formula is C21H23N3O2. The maximum atomic E-state index is 5.55. The molecule has 5 rings (SSSR count). The van der Waals surface area contributed by atoms with Crippen LogP contribution < -0.4 is 19.7 Å². The van der Waals surface area contributed by atoms with Crippen molar-refractivity contribution in [3.05, 3.63) is 53.6 Å². The molecular weight excluding hydrogens is 326 g/mol. The van der Waals surface area contributed by atoms with Crippen molar-refractivity contribution in [1.82, 2.24) is 5.32 Å². The van der Waals surface area contributed by atoms with Crippen molar-refractivity contribution in [2.75, 3.05) is 31.8 Å². The molecule has 5 heteroatoms. The summed E-state index contributed by atoms with van der Waals surface area (Å²) in [5.41, 5.74) is 4.17. The average Bonchev–Trinajstić information content (AvgIpc) is 3.13. The zero-order valence-corrected chi connectivity index (χ0v) is 15.0. The first-order valence-corrected chi connectivity index (χ1v) is 9.25. The van der Waals surface area contributed by atoms with Crippen LogP contribution >= 0.6 is 0 Å². The molecule has 0 aromatic heterocycles. The number of aliphatic imine (C=N–C) groups is 1. The Balaban J connectivity index is 1.32. The van der Waals surface area contributed by atoms with Gasteiger partial charge in [0.15, 0.2) is 17.5 Å². The Bertz CT molecular complexity index is 873. The summed E-state index contributed by atoms with van der Waals surface area (Å²) in [7, 11) is 1.86. The smallest absolute Gasteiger partial charge is 0.231 e. The van der Waals surface area contributed by atoms with Crippen molar-refractivity contribution >= 4 is 11.6 Å². The van der Waals surface area contributed by atoms with E-state index in [4.69, 9.17) is 9.47 Å². The van der Waals surface area contributed by atoms with Crippen molar-refractivity contribution in [2.24, 2.45) is 4.99 Å². The molecule has 0 radical (unpaired) electrons. The van der Waals surface area contributed by atoms with E-state index in [0.29, 0.717) is 6.79 Å². The van der Waals surface area contributed by atoms with Crippen LogP contribution in [0.5, 0.6) is 11.5 Å². The molecule has 2 aliphatic heterocycles. The van der Waals surface area contributed by atoms with Crippen molar-refractivity contribution in [3.8, 4) is 11.5 Å². The third-order valence-electron chi connectivity index (χ3n) is 5.78. The first-order chi connectivity index (χ1) is 12.8. The van der Waals surface area contributed by atoms with Crippen LogP contribution in [-0.2, 0) is 11.8 Å². The number of guanidine groups is 1. The van der Waals surface area contributed by atoms with Gasteiger partial charge in [-0.3, -0.25) is 4.99 Å². The van der Waals surface area contributed by atoms with Crippen LogP contribution in [0.1, 0.15) is 24.0 Å². The SMILES string of the molecule is CN=C(NCC1(c2ccc3c(c2)OCO3)CC1)N1CCc2ccccc21. The van der Waals surface area contributed by atoms with Crippen molar-refractivity contribution in [3.63, 3.8) is 0 Å². The predicted octanol–water partition coefficient (Wildman–Crippen LogP) is 3.09. The fourth-order valence-corrected chi connectivity index (χ4v) is 4.05. The molecule has 0 spiro atoms. The quantitative estimate of drug-likeness (QED) is 0.683. The molecule has 5 nitrogen and oxygen atoms in total. The van der Waals surface area contributed by atoms with Gasteiger partial charge in [-0.15, -0.1) is 0 Å². The molecule has 1 saturated carbocycles. The Labute approximate surface area is 153 Å². The number of anilines is 1. The van der Waals surface area contributed by atoms with E-state index in [2.05, 4.69) is 51.6 Å². The van der Waals surface area contributed by atoms with E-state index in [1.54, 1.807) is 0 Å². The second-order valence-electron chi connectivity index (χ2n) is 7.28. The number of nitrogens with zero attached hydrogens (tertiary/aromatic N) is 2. The van der Waals surface area contributed by atoms with Gasteiger partial charge in [-0.05, 0) is 48.6 Å². The zero-order chi connectivity index (χ0) is 17.6. The molecule has 3 aliphatic rings. The normalized spacial score (nSPS) is 19.4. The van der Waals surface area contributed by atoms with Gasteiger partial charge in [0.1, 0.15) is 0 Å². The predicted molar refractivity (Wildman–Crippen MR) is 102 cm³/mol. The Morgan fingerprint density at radius 2 is 2.00 bits per heavy atom. The van der Waals surface area contributed by atoms with Crippen molar-refractivity contribution < 1.29 is 9.47 Å². The highest BCUT2D eigenvalue weighted by atomic mass is 16.7. The van der Waals surface area contributed by atoms with E-state index in [0.717, 1.165) is 37.0 Å². The van der Waals surface area contributed by atoms with Gasteiger partial charge in [-0.25, -0.2) is 0 Å². The average molecular weight is 349 g/mol. The molecule has 0 saturated heterocycles. The van der Waals surface area contributed by atoms with Crippen LogP contribution in [0, 0.1) is 0 Å². The van der Waals surface area contributed by atoms with E-state index in [9.17, 15) is 0 Å². The van der Waals surface area contributed by atoms with Gasteiger partial charge in [0.05, 0.1) is 0 Å². The topological polar surface area (TPSA) is 46.1 Å². The molecule has 0 amide bonds.